The predicted molar refractivity (Wildman–Crippen MR) is 71.2 cm³/mol. The van der Waals surface area contributed by atoms with Crippen molar-refractivity contribution in [3.63, 3.8) is 0 Å². The summed E-state index contributed by atoms with van der Waals surface area (Å²) in [5.74, 6) is -1.28. The SMILES string of the molecule is CCCCCCNC(=O)c1nc(CC)nc(O)c1O. The second-order valence-corrected chi connectivity index (χ2v) is 4.33. The number of aromatic nitrogens is 2. The topological polar surface area (TPSA) is 95.3 Å². The average molecular weight is 267 g/mol. The van der Waals surface area contributed by atoms with Gasteiger partial charge in [-0.3, -0.25) is 4.79 Å². The smallest absolute Gasteiger partial charge is 0.274 e. The fourth-order valence-corrected chi connectivity index (χ4v) is 1.64. The van der Waals surface area contributed by atoms with Gasteiger partial charge in [0.15, 0.2) is 5.69 Å². The van der Waals surface area contributed by atoms with Crippen LogP contribution in [0.15, 0.2) is 0 Å². The summed E-state index contributed by atoms with van der Waals surface area (Å²) in [7, 11) is 0. The van der Waals surface area contributed by atoms with Gasteiger partial charge in [-0.05, 0) is 6.42 Å². The Kier molecular flexibility index (Phi) is 6.05. The molecule has 0 radical (unpaired) electrons. The van der Waals surface area contributed by atoms with Crippen LogP contribution in [0.2, 0.25) is 0 Å². The van der Waals surface area contributed by atoms with Crippen molar-refractivity contribution in [1.29, 1.82) is 0 Å². The van der Waals surface area contributed by atoms with Crippen LogP contribution >= 0.6 is 0 Å². The highest BCUT2D eigenvalue weighted by Crippen LogP contribution is 2.25. The Labute approximate surface area is 112 Å². The summed E-state index contributed by atoms with van der Waals surface area (Å²) in [4.78, 5) is 19.4. The van der Waals surface area contributed by atoms with E-state index in [2.05, 4.69) is 22.2 Å². The van der Waals surface area contributed by atoms with Gasteiger partial charge in [-0.15, -0.1) is 0 Å². The van der Waals surface area contributed by atoms with Crippen LogP contribution in [-0.2, 0) is 6.42 Å². The summed E-state index contributed by atoms with van der Waals surface area (Å²) in [6.45, 7) is 4.45. The third-order valence-electron chi connectivity index (χ3n) is 2.76. The molecule has 3 N–H and O–H groups in total. The van der Waals surface area contributed by atoms with Crippen LogP contribution in [0.1, 0.15) is 55.8 Å². The Morgan fingerprint density at radius 1 is 1.16 bits per heavy atom. The van der Waals surface area contributed by atoms with Crippen molar-refractivity contribution in [2.24, 2.45) is 0 Å². The van der Waals surface area contributed by atoms with Crippen LogP contribution in [0.4, 0.5) is 0 Å². The molecule has 1 rings (SSSR count). The van der Waals surface area contributed by atoms with Crippen LogP contribution in [0.5, 0.6) is 11.6 Å². The van der Waals surface area contributed by atoms with Gasteiger partial charge in [0.05, 0.1) is 0 Å². The van der Waals surface area contributed by atoms with E-state index < -0.39 is 17.5 Å². The molecular weight excluding hydrogens is 246 g/mol. The normalized spacial score (nSPS) is 10.4. The Morgan fingerprint density at radius 2 is 1.89 bits per heavy atom. The molecule has 1 amide bonds. The first-order valence-electron chi connectivity index (χ1n) is 6.67. The fourth-order valence-electron chi connectivity index (χ4n) is 1.64. The molecule has 0 atom stereocenters. The number of amides is 1. The Morgan fingerprint density at radius 3 is 2.53 bits per heavy atom. The second-order valence-electron chi connectivity index (χ2n) is 4.33. The van der Waals surface area contributed by atoms with Crippen molar-refractivity contribution in [3.8, 4) is 11.6 Å². The molecule has 6 nitrogen and oxygen atoms in total. The number of hydrogen-bond donors (Lipinski definition) is 3. The van der Waals surface area contributed by atoms with E-state index in [1.54, 1.807) is 6.92 Å². The predicted octanol–water partition coefficient (Wildman–Crippen LogP) is 1.76. The third-order valence-corrected chi connectivity index (χ3v) is 2.76. The van der Waals surface area contributed by atoms with Crippen molar-refractivity contribution < 1.29 is 15.0 Å². The van der Waals surface area contributed by atoms with Gasteiger partial charge < -0.3 is 15.5 Å². The van der Waals surface area contributed by atoms with Crippen LogP contribution < -0.4 is 5.32 Å². The number of aromatic hydroxyl groups is 2. The molecule has 1 aromatic heterocycles. The average Bonchev–Trinajstić information content (AvgIpc) is 2.41. The summed E-state index contributed by atoms with van der Waals surface area (Å²) in [5.41, 5.74) is -0.167. The molecule has 0 bridgehead atoms. The Bertz CT molecular complexity index is 435. The minimum absolute atomic E-state index is 0.167. The fraction of sp³-hybridized carbons (Fsp3) is 0.615. The summed E-state index contributed by atoms with van der Waals surface area (Å²) in [6.07, 6.45) is 4.68. The Hall–Kier alpha value is -1.85. The van der Waals surface area contributed by atoms with E-state index in [4.69, 9.17) is 0 Å². The van der Waals surface area contributed by atoms with Gasteiger partial charge in [-0.2, -0.15) is 4.98 Å². The molecular formula is C13H21N3O3. The highest BCUT2D eigenvalue weighted by atomic mass is 16.3. The van der Waals surface area contributed by atoms with Gasteiger partial charge >= 0.3 is 0 Å². The molecule has 0 aliphatic carbocycles. The van der Waals surface area contributed by atoms with Crippen LogP contribution in [0, 0.1) is 0 Å². The molecule has 106 valence electrons. The molecule has 0 saturated heterocycles. The van der Waals surface area contributed by atoms with E-state index in [-0.39, 0.29) is 5.69 Å². The van der Waals surface area contributed by atoms with Crippen molar-refractivity contribution in [1.82, 2.24) is 15.3 Å². The molecule has 6 heteroatoms. The van der Waals surface area contributed by atoms with Crippen LogP contribution in [0.3, 0.4) is 0 Å². The number of carbonyl (C=O) groups is 1. The molecule has 0 spiro atoms. The monoisotopic (exact) mass is 267 g/mol. The zero-order chi connectivity index (χ0) is 14.3. The van der Waals surface area contributed by atoms with Gasteiger partial charge in [0.2, 0.25) is 5.75 Å². The minimum atomic E-state index is -0.566. The van der Waals surface area contributed by atoms with Crippen LogP contribution in [0.25, 0.3) is 0 Å². The molecule has 0 aromatic carbocycles. The minimum Gasteiger partial charge on any atom is -0.501 e. The van der Waals surface area contributed by atoms with Crippen molar-refractivity contribution in [3.05, 3.63) is 11.5 Å². The lowest BCUT2D eigenvalue weighted by atomic mass is 10.2. The number of carbonyl (C=O) groups excluding carboxylic acids is 1. The van der Waals surface area contributed by atoms with E-state index in [1.165, 1.54) is 0 Å². The third kappa shape index (κ3) is 4.39. The van der Waals surface area contributed by atoms with E-state index in [0.29, 0.717) is 18.8 Å². The Balaban J connectivity index is 2.63. The van der Waals surface area contributed by atoms with E-state index in [1.807, 2.05) is 0 Å². The van der Waals surface area contributed by atoms with Gasteiger partial charge in [0.1, 0.15) is 5.82 Å². The van der Waals surface area contributed by atoms with Crippen LogP contribution in [-0.4, -0.2) is 32.6 Å². The molecule has 0 aliphatic rings. The number of nitrogens with one attached hydrogen (secondary N) is 1. The zero-order valence-corrected chi connectivity index (χ0v) is 11.4. The summed E-state index contributed by atoms with van der Waals surface area (Å²) >= 11 is 0. The number of rotatable bonds is 7. The van der Waals surface area contributed by atoms with Gasteiger partial charge in [0.25, 0.3) is 11.8 Å². The van der Waals surface area contributed by atoms with Gasteiger partial charge in [0, 0.05) is 13.0 Å². The molecule has 1 aromatic rings. The van der Waals surface area contributed by atoms with Crippen molar-refractivity contribution >= 4 is 5.91 Å². The maximum Gasteiger partial charge on any atom is 0.274 e. The number of nitrogens with zero attached hydrogens (tertiary/aromatic N) is 2. The summed E-state index contributed by atoms with van der Waals surface area (Å²) < 4.78 is 0. The molecule has 19 heavy (non-hydrogen) atoms. The lowest BCUT2D eigenvalue weighted by molar-refractivity contribution is 0.0943. The number of hydrogen-bond acceptors (Lipinski definition) is 5. The molecule has 0 fully saturated rings. The maximum atomic E-state index is 11.8. The first-order chi connectivity index (χ1) is 9.10. The molecule has 0 aliphatic heterocycles. The van der Waals surface area contributed by atoms with E-state index >= 15 is 0 Å². The van der Waals surface area contributed by atoms with Gasteiger partial charge in [-0.25, -0.2) is 4.98 Å². The molecule has 1 heterocycles. The summed E-state index contributed by atoms with van der Waals surface area (Å²) in [6, 6.07) is 0. The zero-order valence-electron chi connectivity index (χ0n) is 11.4. The molecule has 0 unspecified atom stereocenters. The second kappa shape index (κ2) is 7.56. The highest BCUT2D eigenvalue weighted by Gasteiger charge is 2.18. The quantitative estimate of drug-likeness (QED) is 0.654. The number of aryl methyl sites for hydroxylation is 1. The lowest BCUT2D eigenvalue weighted by Gasteiger charge is -2.08. The summed E-state index contributed by atoms with van der Waals surface area (Å²) in [5, 5.41) is 21.7. The molecule has 0 saturated carbocycles. The van der Waals surface area contributed by atoms with Crippen molar-refractivity contribution in [2.45, 2.75) is 46.0 Å². The van der Waals surface area contributed by atoms with Crippen molar-refractivity contribution in [2.75, 3.05) is 6.54 Å². The number of unbranched alkanes of at least 4 members (excludes halogenated alkanes) is 3. The highest BCUT2D eigenvalue weighted by molar-refractivity contribution is 5.95. The van der Waals surface area contributed by atoms with E-state index in [0.717, 1.165) is 25.7 Å². The largest absolute Gasteiger partial charge is 0.501 e. The first-order valence-corrected chi connectivity index (χ1v) is 6.67. The standard InChI is InChI=1S/C13H21N3O3/c1-3-5-6-7-8-14-12(18)10-11(17)13(19)16-9(4-2)15-10/h17H,3-8H2,1-2H3,(H,14,18)(H,15,16,19). The van der Waals surface area contributed by atoms with Gasteiger partial charge in [-0.1, -0.05) is 33.1 Å². The lowest BCUT2D eigenvalue weighted by Crippen LogP contribution is -2.26. The van der Waals surface area contributed by atoms with E-state index in [9.17, 15) is 15.0 Å². The maximum absolute atomic E-state index is 11.8. The first kappa shape index (κ1) is 15.2.